The lowest BCUT2D eigenvalue weighted by Gasteiger charge is -2.17. The SMILES string of the molecule is CC(=O)c1cc2c(=O)c3cc(/C=C/C4CCCCC4)ccc3oc2nc1N. The molecule has 1 aliphatic carbocycles. The molecule has 1 aromatic carbocycles. The van der Waals surface area contributed by atoms with Crippen molar-refractivity contribution in [2.75, 3.05) is 5.73 Å². The Kier molecular flexibility index (Phi) is 4.52. The number of anilines is 1. The number of benzene rings is 1. The van der Waals surface area contributed by atoms with Crippen molar-refractivity contribution in [3.63, 3.8) is 0 Å². The number of pyridine rings is 1. The van der Waals surface area contributed by atoms with Gasteiger partial charge in [0.15, 0.2) is 5.78 Å². The summed E-state index contributed by atoms with van der Waals surface area (Å²) in [6.45, 7) is 1.40. The molecule has 0 aliphatic heterocycles. The fraction of sp³-hybridized carbons (Fsp3) is 0.318. The molecule has 0 spiro atoms. The summed E-state index contributed by atoms with van der Waals surface area (Å²) in [4.78, 5) is 28.8. The summed E-state index contributed by atoms with van der Waals surface area (Å²) >= 11 is 0. The molecule has 0 atom stereocenters. The first-order valence-corrected chi connectivity index (χ1v) is 9.39. The minimum absolute atomic E-state index is 0.0736. The Morgan fingerprint density at radius 3 is 2.70 bits per heavy atom. The summed E-state index contributed by atoms with van der Waals surface area (Å²) in [6.07, 6.45) is 10.7. The third kappa shape index (κ3) is 3.37. The number of rotatable bonds is 3. The molecule has 0 saturated heterocycles. The largest absolute Gasteiger partial charge is 0.437 e. The highest BCUT2D eigenvalue weighted by Gasteiger charge is 2.15. The van der Waals surface area contributed by atoms with Crippen molar-refractivity contribution in [1.29, 1.82) is 0 Å². The van der Waals surface area contributed by atoms with E-state index in [1.165, 1.54) is 45.1 Å². The van der Waals surface area contributed by atoms with Gasteiger partial charge in [0, 0.05) is 0 Å². The lowest BCUT2D eigenvalue weighted by Crippen LogP contribution is -2.08. The molecule has 0 bridgehead atoms. The van der Waals surface area contributed by atoms with Gasteiger partial charge in [-0.2, -0.15) is 4.98 Å². The normalized spacial score (nSPS) is 15.7. The van der Waals surface area contributed by atoms with Gasteiger partial charge in [0.05, 0.1) is 16.3 Å². The quantitative estimate of drug-likeness (QED) is 0.538. The van der Waals surface area contributed by atoms with Gasteiger partial charge in [-0.3, -0.25) is 9.59 Å². The van der Waals surface area contributed by atoms with Gasteiger partial charge in [-0.1, -0.05) is 37.5 Å². The Balaban J connectivity index is 1.80. The van der Waals surface area contributed by atoms with Gasteiger partial charge in [-0.15, -0.1) is 0 Å². The summed E-state index contributed by atoms with van der Waals surface area (Å²) < 4.78 is 5.77. The second-order valence-corrected chi connectivity index (χ2v) is 7.27. The number of carbonyl (C=O) groups excluding carboxylic acids is 1. The van der Waals surface area contributed by atoms with Gasteiger partial charge in [0.25, 0.3) is 0 Å². The number of fused-ring (bicyclic) bond motifs is 2. The van der Waals surface area contributed by atoms with Crippen molar-refractivity contribution in [2.24, 2.45) is 5.92 Å². The number of hydrogen-bond acceptors (Lipinski definition) is 5. The van der Waals surface area contributed by atoms with Crippen LogP contribution in [-0.2, 0) is 0 Å². The number of hydrogen-bond donors (Lipinski definition) is 1. The number of aromatic nitrogens is 1. The molecule has 1 fully saturated rings. The third-order valence-corrected chi connectivity index (χ3v) is 5.31. The van der Waals surface area contributed by atoms with E-state index < -0.39 is 0 Å². The molecular weight excluding hydrogens is 340 g/mol. The van der Waals surface area contributed by atoms with E-state index in [0.29, 0.717) is 16.9 Å². The molecule has 0 unspecified atom stereocenters. The van der Waals surface area contributed by atoms with E-state index in [9.17, 15) is 9.59 Å². The van der Waals surface area contributed by atoms with Crippen molar-refractivity contribution in [1.82, 2.24) is 4.98 Å². The summed E-state index contributed by atoms with van der Waals surface area (Å²) in [5, 5.41) is 0.754. The van der Waals surface area contributed by atoms with Crippen LogP contribution in [0.2, 0.25) is 0 Å². The van der Waals surface area contributed by atoms with Crippen LogP contribution in [0.3, 0.4) is 0 Å². The van der Waals surface area contributed by atoms with Crippen LogP contribution in [0.15, 0.2) is 39.6 Å². The molecule has 5 heteroatoms. The average Bonchev–Trinajstić information content (AvgIpc) is 2.67. The number of nitrogen functional groups attached to an aromatic ring is 1. The number of ketones is 1. The predicted molar refractivity (Wildman–Crippen MR) is 108 cm³/mol. The molecule has 5 nitrogen and oxygen atoms in total. The molecule has 0 radical (unpaired) electrons. The summed E-state index contributed by atoms with van der Waals surface area (Å²) in [5.41, 5.74) is 7.44. The second kappa shape index (κ2) is 6.99. The molecule has 3 aromatic rings. The molecule has 1 aliphatic rings. The van der Waals surface area contributed by atoms with E-state index >= 15 is 0 Å². The molecule has 27 heavy (non-hydrogen) atoms. The number of allylic oxidation sites excluding steroid dienone is 1. The van der Waals surface area contributed by atoms with Crippen LogP contribution in [0.1, 0.15) is 54.9 Å². The van der Waals surface area contributed by atoms with Crippen LogP contribution in [0.25, 0.3) is 28.1 Å². The summed E-state index contributed by atoms with van der Waals surface area (Å²) in [6, 6.07) is 7.04. The molecular formula is C22H22N2O3. The average molecular weight is 362 g/mol. The Morgan fingerprint density at radius 1 is 1.19 bits per heavy atom. The molecule has 2 N–H and O–H groups in total. The molecule has 4 rings (SSSR count). The van der Waals surface area contributed by atoms with Crippen LogP contribution >= 0.6 is 0 Å². The summed E-state index contributed by atoms with van der Waals surface area (Å²) in [5.74, 6) is 0.461. The van der Waals surface area contributed by atoms with Gasteiger partial charge in [-0.05, 0) is 49.4 Å². The molecule has 1 saturated carbocycles. The third-order valence-electron chi connectivity index (χ3n) is 5.31. The van der Waals surface area contributed by atoms with E-state index in [-0.39, 0.29) is 33.7 Å². The van der Waals surface area contributed by atoms with E-state index in [1.807, 2.05) is 12.1 Å². The zero-order valence-corrected chi connectivity index (χ0v) is 15.3. The van der Waals surface area contributed by atoms with Crippen LogP contribution in [0.5, 0.6) is 0 Å². The first kappa shape index (κ1) is 17.5. The first-order chi connectivity index (χ1) is 13.0. The van der Waals surface area contributed by atoms with Gasteiger partial charge in [0.1, 0.15) is 11.4 Å². The number of Topliss-reactive ketones (excluding diaryl/α,β-unsaturated/α-hetero) is 1. The first-order valence-electron chi connectivity index (χ1n) is 9.39. The van der Waals surface area contributed by atoms with Crippen molar-refractivity contribution in [3.8, 4) is 0 Å². The number of nitrogens with two attached hydrogens (primary N) is 1. The van der Waals surface area contributed by atoms with E-state index in [4.69, 9.17) is 10.2 Å². The number of carbonyl (C=O) groups is 1. The van der Waals surface area contributed by atoms with E-state index in [2.05, 4.69) is 17.1 Å². The zero-order chi connectivity index (χ0) is 19.0. The monoisotopic (exact) mass is 362 g/mol. The standard InChI is InChI=1S/C22H22N2O3/c1-13(25)16-12-18-20(26)17-11-15(8-7-14-5-3-2-4-6-14)9-10-19(17)27-22(18)24-21(16)23/h7-12,14H,2-6H2,1H3,(H2,23,24)/b8-7+. The van der Waals surface area contributed by atoms with Crippen molar-refractivity contribution in [3.05, 3.63) is 51.7 Å². The van der Waals surface area contributed by atoms with Gasteiger partial charge >= 0.3 is 0 Å². The van der Waals surface area contributed by atoms with Crippen molar-refractivity contribution < 1.29 is 9.21 Å². The van der Waals surface area contributed by atoms with Crippen molar-refractivity contribution in [2.45, 2.75) is 39.0 Å². The van der Waals surface area contributed by atoms with Crippen molar-refractivity contribution >= 4 is 39.7 Å². The van der Waals surface area contributed by atoms with E-state index in [0.717, 1.165) is 5.56 Å². The lowest BCUT2D eigenvalue weighted by atomic mass is 9.89. The van der Waals surface area contributed by atoms with Crippen LogP contribution in [0, 0.1) is 5.92 Å². The predicted octanol–water partition coefficient (Wildman–Crippen LogP) is 4.72. The van der Waals surface area contributed by atoms with Crippen LogP contribution < -0.4 is 11.2 Å². The minimum Gasteiger partial charge on any atom is -0.437 e. The van der Waals surface area contributed by atoms with Gasteiger partial charge < -0.3 is 10.2 Å². The second-order valence-electron chi connectivity index (χ2n) is 7.27. The fourth-order valence-electron chi connectivity index (χ4n) is 3.77. The maximum atomic E-state index is 13.0. The highest BCUT2D eigenvalue weighted by atomic mass is 16.3. The van der Waals surface area contributed by atoms with Gasteiger partial charge in [-0.25, -0.2) is 0 Å². The zero-order valence-electron chi connectivity index (χ0n) is 15.3. The molecule has 2 heterocycles. The molecule has 138 valence electrons. The topological polar surface area (TPSA) is 86.2 Å². The Labute approximate surface area is 156 Å². The van der Waals surface area contributed by atoms with E-state index in [1.54, 1.807) is 6.07 Å². The maximum Gasteiger partial charge on any atom is 0.232 e. The maximum absolute atomic E-state index is 13.0. The smallest absolute Gasteiger partial charge is 0.232 e. The highest BCUT2D eigenvalue weighted by molar-refractivity contribution is 6.02. The van der Waals surface area contributed by atoms with Gasteiger partial charge in [0.2, 0.25) is 11.1 Å². The van der Waals surface area contributed by atoms with Crippen LogP contribution in [0.4, 0.5) is 5.82 Å². The van der Waals surface area contributed by atoms with Crippen LogP contribution in [-0.4, -0.2) is 10.8 Å². The number of nitrogens with zero attached hydrogens (tertiary/aromatic N) is 1. The highest BCUT2D eigenvalue weighted by Crippen LogP contribution is 2.26. The fourth-order valence-corrected chi connectivity index (χ4v) is 3.77. The minimum atomic E-state index is -0.231. The Morgan fingerprint density at radius 2 is 1.96 bits per heavy atom. The molecule has 2 aromatic heterocycles. The Hall–Kier alpha value is -2.95. The summed E-state index contributed by atoms with van der Waals surface area (Å²) in [7, 11) is 0. The Bertz CT molecular complexity index is 1120. The lowest BCUT2D eigenvalue weighted by molar-refractivity contribution is 0.101. The molecule has 0 amide bonds.